The highest BCUT2D eigenvalue weighted by Crippen LogP contribution is 2.30. The van der Waals surface area contributed by atoms with Crippen molar-refractivity contribution < 1.29 is 4.39 Å². The van der Waals surface area contributed by atoms with Gasteiger partial charge in [-0.25, -0.2) is 4.39 Å². The number of thiocarbonyl (C=S) groups is 1. The maximum absolute atomic E-state index is 14.5. The van der Waals surface area contributed by atoms with Crippen molar-refractivity contribution in [3.05, 3.63) is 50.4 Å². The zero-order valence-corrected chi connectivity index (χ0v) is 15.0. The van der Waals surface area contributed by atoms with Gasteiger partial charge in [0.15, 0.2) is 5.82 Å². The second-order valence-corrected chi connectivity index (χ2v) is 7.13. The molecule has 2 N–H and O–H groups in total. The van der Waals surface area contributed by atoms with Crippen LogP contribution in [-0.2, 0) is 6.42 Å². The molecule has 0 amide bonds. The van der Waals surface area contributed by atoms with E-state index in [0.29, 0.717) is 15.7 Å². The van der Waals surface area contributed by atoms with Crippen LogP contribution in [0.25, 0.3) is 0 Å². The third-order valence-electron chi connectivity index (χ3n) is 3.45. The minimum absolute atomic E-state index is 0.181. The number of nitrogens with two attached hydrogens (primary N) is 1. The van der Waals surface area contributed by atoms with E-state index in [-0.39, 0.29) is 16.8 Å². The highest BCUT2D eigenvalue weighted by Gasteiger charge is 2.19. The number of hydrogen-bond acceptors (Lipinski definition) is 3. The number of halogens is 2. The zero-order valence-electron chi connectivity index (χ0n) is 11.8. The summed E-state index contributed by atoms with van der Waals surface area (Å²) in [6, 6.07) is 7.78. The lowest BCUT2D eigenvalue weighted by Crippen LogP contribution is -2.31. The standard InChI is InChI=1S/C15H16BrFN2S2/c1-9(8-10-4-3-7-21-10)19(2)12-6-5-11(15(18)20)13(16)14(12)17/h3-7,9H,8H2,1-2H3,(H2,18,20). The van der Waals surface area contributed by atoms with Gasteiger partial charge in [-0.2, -0.15) is 0 Å². The van der Waals surface area contributed by atoms with Gasteiger partial charge < -0.3 is 10.6 Å². The first-order valence-corrected chi connectivity index (χ1v) is 8.53. The zero-order chi connectivity index (χ0) is 15.6. The van der Waals surface area contributed by atoms with Gasteiger partial charge in [0.2, 0.25) is 0 Å². The lowest BCUT2D eigenvalue weighted by atomic mass is 10.1. The summed E-state index contributed by atoms with van der Waals surface area (Å²) >= 11 is 9.87. The molecule has 2 aromatic rings. The minimum atomic E-state index is -0.333. The van der Waals surface area contributed by atoms with E-state index in [1.165, 1.54) is 4.88 Å². The Labute approximate surface area is 141 Å². The SMILES string of the molecule is CC(Cc1cccs1)N(C)c1ccc(C(N)=S)c(Br)c1F. The monoisotopic (exact) mass is 386 g/mol. The molecule has 0 aliphatic rings. The van der Waals surface area contributed by atoms with E-state index in [1.54, 1.807) is 23.5 Å². The van der Waals surface area contributed by atoms with Gasteiger partial charge >= 0.3 is 0 Å². The fourth-order valence-corrected chi connectivity index (χ4v) is 3.77. The summed E-state index contributed by atoms with van der Waals surface area (Å²) in [5.74, 6) is -0.333. The number of nitrogens with zero attached hydrogens (tertiary/aromatic N) is 1. The number of benzene rings is 1. The Morgan fingerprint density at radius 3 is 2.76 bits per heavy atom. The molecule has 112 valence electrons. The summed E-state index contributed by atoms with van der Waals surface area (Å²) in [5.41, 5.74) is 6.63. The van der Waals surface area contributed by atoms with Crippen LogP contribution in [0.15, 0.2) is 34.1 Å². The Balaban J connectivity index is 2.24. The number of hydrogen-bond donors (Lipinski definition) is 1. The van der Waals surface area contributed by atoms with Crippen LogP contribution < -0.4 is 10.6 Å². The molecule has 21 heavy (non-hydrogen) atoms. The van der Waals surface area contributed by atoms with Gasteiger partial charge in [-0.15, -0.1) is 11.3 Å². The number of thiophene rings is 1. The first-order valence-electron chi connectivity index (χ1n) is 6.44. The van der Waals surface area contributed by atoms with E-state index in [9.17, 15) is 4.39 Å². The van der Waals surface area contributed by atoms with Crippen LogP contribution in [0.2, 0.25) is 0 Å². The summed E-state index contributed by atoms with van der Waals surface area (Å²) in [5, 5.41) is 2.05. The molecular weight excluding hydrogens is 371 g/mol. The molecule has 1 aromatic carbocycles. The van der Waals surface area contributed by atoms with Crippen molar-refractivity contribution in [1.82, 2.24) is 0 Å². The van der Waals surface area contributed by atoms with Crippen LogP contribution >= 0.6 is 39.5 Å². The maximum atomic E-state index is 14.5. The third kappa shape index (κ3) is 3.62. The molecule has 0 saturated heterocycles. The average Bonchev–Trinajstić information content (AvgIpc) is 2.93. The van der Waals surface area contributed by atoms with Gasteiger partial charge in [-0.1, -0.05) is 18.3 Å². The molecule has 0 spiro atoms. The Kier molecular flexibility index (Phi) is 5.35. The molecule has 0 aliphatic heterocycles. The van der Waals surface area contributed by atoms with Crippen LogP contribution in [0.4, 0.5) is 10.1 Å². The summed E-state index contributed by atoms with van der Waals surface area (Å²) in [6.07, 6.45) is 0.877. The van der Waals surface area contributed by atoms with Crippen LogP contribution in [0.3, 0.4) is 0 Å². The minimum Gasteiger partial charge on any atom is -0.389 e. The van der Waals surface area contributed by atoms with E-state index in [2.05, 4.69) is 34.3 Å². The number of anilines is 1. The number of likely N-dealkylation sites (N-methyl/N-ethyl adjacent to an activating group) is 1. The van der Waals surface area contributed by atoms with Crippen molar-refractivity contribution in [1.29, 1.82) is 0 Å². The molecule has 0 aliphatic carbocycles. The van der Waals surface area contributed by atoms with E-state index in [4.69, 9.17) is 18.0 Å². The first kappa shape index (κ1) is 16.4. The average molecular weight is 387 g/mol. The fraction of sp³-hybridized carbons (Fsp3) is 0.267. The predicted octanol–water partition coefficient (Wildman–Crippen LogP) is 4.35. The third-order valence-corrected chi connectivity index (χ3v) is 5.34. The van der Waals surface area contributed by atoms with Crippen molar-refractivity contribution in [2.75, 3.05) is 11.9 Å². The maximum Gasteiger partial charge on any atom is 0.161 e. The Hall–Kier alpha value is -0.980. The molecule has 6 heteroatoms. The molecule has 0 fully saturated rings. The normalized spacial score (nSPS) is 12.2. The van der Waals surface area contributed by atoms with Gasteiger partial charge in [-0.3, -0.25) is 0 Å². The van der Waals surface area contributed by atoms with Crippen LogP contribution in [-0.4, -0.2) is 18.1 Å². The van der Waals surface area contributed by atoms with Crippen molar-refractivity contribution in [2.45, 2.75) is 19.4 Å². The van der Waals surface area contributed by atoms with Gasteiger partial charge in [-0.05, 0) is 46.4 Å². The lowest BCUT2D eigenvalue weighted by molar-refractivity contribution is 0.599. The summed E-state index contributed by atoms with van der Waals surface area (Å²) < 4.78 is 14.8. The second-order valence-electron chi connectivity index (χ2n) is 4.87. The van der Waals surface area contributed by atoms with E-state index < -0.39 is 0 Å². The summed E-state index contributed by atoms with van der Waals surface area (Å²) in [6.45, 7) is 2.08. The Morgan fingerprint density at radius 2 is 2.19 bits per heavy atom. The molecule has 1 atom stereocenters. The smallest absolute Gasteiger partial charge is 0.161 e. The summed E-state index contributed by atoms with van der Waals surface area (Å²) in [7, 11) is 1.89. The van der Waals surface area contributed by atoms with Gasteiger partial charge in [0, 0.05) is 30.0 Å². The van der Waals surface area contributed by atoms with Gasteiger partial charge in [0.1, 0.15) is 4.99 Å². The van der Waals surface area contributed by atoms with Gasteiger partial charge in [0.25, 0.3) is 0 Å². The second kappa shape index (κ2) is 6.85. The molecule has 0 bridgehead atoms. The van der Waals surface area contributed by atoms with Crippen LogP contribution in [0.1, 0.15) is 17.4 Å². The Bertz CT molecular complexity index is 643. The molecule has 2 nitrogen and oxygen atoms in total. The van der Waals surface area contributed by atoms with Crippen molar-refractivity contribution in [3.63, 3.8) is 0 Å². The lowest BCUT2D eigenvalue weighted by Gasteiger charge is -2.27. The van der Waals surface area contributed by atoms with Crippen molar-refractivity contribution >= 4 is 50.2 Å². The van der Waals surface area contributed by atoms with Crippen LogP contribution in [0, 0.1) is 5.82 Å². The molecule has 1 unspecified atom stereocenters. The fourth-order valence-electron chi connectivity index (χ4n) is 2.10. The number of rotatable bonds is 5. The molecule has 0 saturated carbocycles. The molecular formula is C15H16BrFN2S2. The quantitative estimate of drug-likeness (QED) is 0.774. The van der Waals surface area contributed by atoms with Crippen LogP contribution in [0.5, 0.6) is 0 Å². The van der Waals surface area contributed by atoms with Gasteiger partial charge in [0.05, 0.1) is 10.2 Å². The Morgan fingerprint density at radius 1 is 1.48 bits per heavy atom. The topological polar surface area (TPSA) is 29.3 Å². The van der Waals surface area contributed by atoms with E-state index in [1.807, 2.05) is 18.0 Å². The molecule has 1 heterocycles. The van der Waals surface area contributed by atoms with Crippen molar-refractivity contribution in [3.8, 4) is 0 Å². The molecule has 2 rings (SSSR count). The first-order chi connectivity index (χ1) is 9.91. The highest BCUT2D eigenvalue weighted by molar-refractivity contribution is 9.10. The molecule has 0 radical (unpaired) electrons. The highest BCUT2D eigenvalue weighted by atomic mass is 79.9. The largest absolute Gasteiger partial charge is 0.389 e. The summed E-state index contributed by atoms with van der Waals surface area (Å²) in [4.78, 5) is 3.40. The van der Waals surface area contributed by atoms with Crippen molar-refractivity contribution in [2.24, 2.45) is 5.73 Å². The molecule has 1 aromatic heterocycles. The van der Waals surface area contributed by atoms with E-state index >= 15 is 0 Å². The van der Waals surface area contributed by atoms with E-state index in [0.717, 1.165) is 6.42 Å². The predicted molar refractivity (Wildman–Crippen MR) is 95.9 cm³/mol.